The number of carbonyl (C=O) groups excluding carboxylic acids is 2. The smallest absolute Gasteiger partial charge is 0.337 e. The second-order valence-corrected chi connectivity index (χ2v) is 4.33. The van der Waals surface area contributed by atoms with Gasteiger partial charge in [0.1, 0.15) is 7.85 Å². The van der Waals surface area contributed by atoms with Gasteiger partial charge in [-0.2, -0.15) is 0 Å². The van der Waals surface area contributed by atoms with E-state index in [1.165, 1.54) is 7.11 Å². The molecule has 0 radical (unpaired) electrons. The van der Waals surface area contributed by atoms with Crippen molar-refractivity contribution in [1.82, 2.24) is 5.32 Å². The summed E-state index contributed by atoms with van der Waals surface area (Å²) in [6.45, 7) is 0. The van der Waals surface area contributed by atoms with E-state index in [2.05, 4.69) is 10.1 Å². The molecule has 0 unspecified atom stereocenters. The molecule has 0 heterocycles. The zero-order chi connectivity index (χ0) is 12.4. The summed E-state index contributed by atoms with van der Waals surface area (Å²) >= 11 is 0. The summed E-state index contributed by atoms with van der Waals surface area (Å²) in [5, 5.41) is 2.89. The monoisotopic (exact) mass is 231 g/mol. The van der Waals surface area contributed by atoms with Crippen LogP contribution in [0.1, 0.15) is 33.6 Å². The van der Waals surface area contributed by atoms with E-state index in [1.807, 2.05) is 7.85 Å². The van der Waals surface area contributed by atoms with Gasteiger partial charge in [-0.3, -0.25) is 4.79 Å². The lowest BCUT2D eigenvalue weighted by Gasteiger charge is -2.07. The van der Waals surface area contributed by atoms with Crippen LogP contribution in [-0.2, 0) is 4.74 Å². The fourth-order valence-corrected chi connectivity index (χ4v) is 1.65. The Morgan fingerprint density at radius 3 is 2.53 bits per heavy atom. The molecule has 1 aromatic rings. The van der Waals surface area contributed by atoms with Crippen LogP contribution in [0.4, 0.5) is 0 Å². The van der Waals surface area contributed by atoms with Gasteiger partial charge in [-0.05, 0) is 18.9 Å². The molecular weight excluding hydrogens is 217 g/mol. The van der Waals surface area contributed by atoms with Crippen LogP contribution >= 0.6 is 0 Å². The molecule has 0 aliphatic heterocycles. The van der Waals surface area contributed by atoms with Gasteiger partial charge in [0.15, 0.2) is 0 Å². The van der Waals surface area contributed by atoms with Crippen molar-refractivity contribution in [3.63, 3.8) is 0 Å². The number of esters is 1. The Balaban J connectivity index is 2.23. The second kappa shape index (κ2) is 4.61. The summed E-state index contributed by atoms with van der Waals surface area (Å²) in [5.74, 6) is -0.546. The third-order valence-corrected chi connectivity index (χ3v) is 2.67. The fourth-order valence-electron chi connectivity index (χ4n) is 1.65. The first kappa shape index (κ1) is 11.7. The average Bonchev–Trinajstić information content (AvgIpc) is 3.11. The third-order valence-electron chi connectivity index (χ3n) is 2.67. The minimum Gasteiger partial charge on any atom is -0.465 e. The van der Waals surface area contributed by atoms with Crippen molar-refractivity contribution < 1.29 is 14.3 Å². The maximum Gasteiger partial charge on any atom is 0.337 e. The molecule has 4 nitrogen and oxygen atoms in total. The number of rotatable bonds is 3. The molecule has 0 bridgehead atoms. The van der Waals surface area contributed by atoms with Crippen molar-refractivity contribution in [2.45, 2.75) is 18.9 Å². The van der Waals surface area contributed by atoms with E-state index >= 15 is 0 Å². The predicted molar refractivity (Wildman–Crippen MR) is 66.4 cm³/mol. The number of hydrogen-bond acceptors (Lipinski definition) is 3. The van der Waals surface area contributed by atoms with Crippen LogP contribution in [0.25, 0.3) is 0 Å². The summed E-state index contributed by atoms with van der Waals surface area (Å²) in [7, 11) is 3.18. The van der Waals surface area contributed by atoms with Crippen molar-refractivity contribution in [2.75, 3.05) is 7.11 Å². The Kier molecular flexibility index (Phi) is 3.18. The molecule has 1 N–H and O–H groups in total. The van der Waals surface area contributed by atoms with Gasteiger partial charge in [0, 0.05) is 11.6 Å². The number of hydrogen-bond donors (Lipinski definition) is 1. The Hall–Kier alpha value is -1.78. The molecule has 1 aliphatic carbocycles. The zero-order valence-electron chi connectivity index (χ0n) is 9.95. The topological polar surface area (TPSA) is 55.4 Å². The number of ether oxygens (including phenoxy) is 1. The van der Waals surface area contributed by atoms with Crippen molar-refractivity contribution in [1.29, 1.82) is 0 Å². The largest absolute Gasteiger partial charge is 0.465 e. The lowest BCUT2D eigenvalue weighted by atomic mass is 9.92. The van der Waals surface area contributed by atoms with Crippen LogP contribution in [0.15, 0.2) is 18.2 Å². The first-order chi connectivity index (χ1) is 8.10. The maximum absolute atomic E-state index is 11.8. The van der Waals surface area contributed by atoms with Crippen molar-refractivity contribution in [3.8, 4) is 0 Å². The Morgan fingerprint density at radius 1 is 1.29 bits per heavy atom. The predicted octanol–water partition coefficient (Wildman–Crippen LogP) is -0.376. The number of methoxy groups -OCH3 is 1. The molecule has 17 heavy (non-hydrogen) atoms. The van der Waals surface area contributed by atoms with Gasteiger partial charge in [-0.25, -0.2) is 4.79 Å². The van der Waals surface area contributed by atoms with Crippen molar-refractivity contribution >= 4 is 25.2 Å². The molecule has 1 fully saturated rings. The molecule has 0 spiro atoms. The van der Waals surface area contributed by atoms with E-state index in [4.69, 9.17) is 0 Å². The molecule has 2 rings (SSSR count). The van der Waals surface area contributed by atoms with Gasteiger partial charge in [0.05, 0.1) is 12.7 Å². The van der Waals surface area contributed by atoms with E-state index in [9.17, 15) is 9.59 Å². The molecule has 88 valence electrons. The molecule has 1 aliphatic rings. The summed E-state index contributed by atoms with van der Waals surface area (Å²) < 4.78 is 4.65. The standard InChI is InChI=1S/C12H14BNO3/c1-17-12(16)8-4-7(5-9(13)6-8)11(15)14-10-2-3-10/h4-6,10H,2-3,13H2,1H3,(H,14,15). The summed E-state index contributed by atoms with van der Waals surface area (Å²) in [5.41, 5.74) is 1.79. The molecule has 1 aromatic carbocycles. The van der Waals surface area contributed by atoms with Crippen LogP contribution in [0.5, 0.6) is 0 Å². The van der Waals surface area contributed by atoms with Crippen LogP contribution in [0.2, 0.25) is 0 Å². The SMILES string of the molecule is Bc1cc(C(=O)NC2CC2)cc(C(=O)OC)c1. The van der Waals surface area contributed by atoms with Gasteiger partial charge < -0.3 is 10.1 Å². The normalized spacial score (nSPS) is 14.2. The second-order valence-electron chi connectivity index (χ2n) is 4.33. The van der Waals surface area contributed by atoms with Gasteiger partial charge >= 0.3 is 5.97 Å². The number of amides is 1. The summed E-state index contributed by atoms with van der Waals surface area (Å²) in [6.07, 6.45) is 2.09. The average molecular weight is 231 g/mol. The molecular formula is C12H14BNO3. The molecule has 0 atom stereocenters. The first-order valence-electron chi connectivity index (χ1n) is 5.61. The van der Waals surface area contributed by atoms with E-state index in [0.717, 1.165) is 18.3 Å². The molecule has 0 aromatic heterocycles. The molecule has 1 amide bonds. The number of benzene rings is 1. The highest BCUT2D eigenvalue weighted by Crippen LogP contribution is 2.19. The molecule has 1 saturated carbocycles. The Bertz CT molecular complexity index is 469. The Morgan fingerprint density at radius 2 is 1.94 bits per heavy atom. The van der Waals surface area contributed by atoms with E-state index in [0.29, 0.717) is 17.2 Å². The Labute approximate surface area is 101 Å². The van der Waals surface area contributed by atoms with Crippen LogP contribution < -0.4 is 10.8 Å². The van der Waals surface area contributed by atoms with Gasteiger partial charge in [0.25, 0.3) is 5.91 Å². The molecule has 5 heteroatoms. The van der Waals surface area contributed by atoms with Crippen molar-refractivity contribution in [2.24, 2.45) is 0 Å². The minimum absolute atomic E-state index is 0.124. The fraction of sp³-hybridized carbons (Fsp3) is 0.333. The maximum atomic E-state index is 11.8. The van der Waals surface area contributed by atoms with Crippen LogP contribution in [-0.4, -0.2) is 32.9 Å². The van der Waals surface area contributed by atoms with E-state index < -0.39 is 5.97 Å². The highest BCUT2D eigenvalue weighted by atomic mass is 16.5. The lowest BCUT2D eigenvalue weighted by molar-refractivity contribution is 0.0601. The number of carbonyl (C=O) groups is 2. The minimum atomic E-state index is -0.422. The lowest BCUT2D eigenvalue weighted by Crippen LogP contribution is -2.27. The first-order valence-corrected chi connectivity index (χ1v) is 5.61. The molecule has 0 saturated heterocycles. The van der Waals surface area contributed by atoms with Gasteiger partial charge in [-0.1, -0.05) is 17.6 Å². The van der Waals surface area contributed by atoms with E-state index in [1.54, 1.807) is 18.2 Å². The highest BCUT2D eigenvalue weighted by molar-refractivity contribution is 6.33. The highest BCUT2D eigenvalue weighted by Gasteiger charge is 2.24. The van der Waals surface area contributed by atoms with Crippen LogP contribution in [0.3, 0.4) is 0 Å². The van der Waals surface area contributed by atoms with Gasteiger partial charge in [0.2, 0.25) is 0 Å². The third kappa shape index (κ3) is 2.87. The van der Waals surface area contributed by atoms with E-state index in [-0.39, 0.29) is 5.91 Å². The number of nitrogens with one attached hydrogen (secondary N) is 1. The summed E-state index contributed by atoms with van der Waals surface area (Å²) in [4.78, 5) is 23.3. The van der Waals surface area contributed by atoms with Crippen molar-refractivity contribution in [3.05, 3.63) is 29.3 Å². The van der Waals surface area contributed by atoms with Gasteiger partial charge in [-0.15, -0.1) is 0 Å². The summed E-state index contributed by atoms with van der Waals surface area (Å²) in [6, 6.07) is 5.35. The zero-order valence-corrected chi connectivity index (χ0v) is 9.95. The quantitative estimate of drug-likeness (QED) is 0.570. The van der Waals surface area contributed by atoms with Crippen LogP contribution in [0, 0.1) is 0 Å².